The lowest BCUT2D eigenvalue weighted by atomic mass is 10.1. The first-order valence-corrected chi connectivity index (χ1v) is 8.88. The molecule has 0 fully saturated rings. The molecule has 0 saturated carbocycles. The summed E-state index contributed by atoms with van der Waals surface area (Å²) in [4.78, 5) is 14.9. The molecule has 25 heavy (non-hydrogen) atoms. The largest absolute Gasteiger partial charge is 0.490 e. The second kappa shape index (κ2) is 9.11. The lowest BCUT2D eigenvalue weighted by Crippen LogP contribution is -2.31. The summed E-state index contributed by atoms with van der Waals surface area (Å²) in [5.41, 5.74) is 2.65. The molecule has 2 rings (SSSR count). The summed E-state index contributed by atoms with van der Waals surface area (Å²) >= 11 is 0. The summed E-state index contributed by atoms with van der Waals surface area (Å²) in [5.74, 6) is 1.24. The summed E-state index contributed by atoms with van der Waals surface area (Å²) in [6, 6.07) is 13.4. The van der Waals surface area contributed by atoms with Crippen molar-refractivity contribution in [3.8, 4) is 11.5 Å². The first-order chi connectivity index (χ1) is 12.1. The standard InChI is InChI=1S/C21H27NO3/c1-5-13-22(18-10-8-9-16(4)14-18)21(23)17-11-12-19(24-6-2)20(15-17)25-7-3/h8-12,14-15H,5-7,13H2,1-4H3. The van der Waals surface area contributed by atoms with Crippen molar-refractivity contribution in [2.24, 2.45) is 0 Å². The number of hydrogen-bond donors (Lipinski definition) is 0. The number of ether oxygens (including phenoxy) is 2. The summed E-state index contributed by atoms with van der Waals surface area (Å²) in [7, 11) is 0. The van der Waals surface area contributed by atoms with Crippen LogP contribution >= 0.6 is 0 Å². The predicted octanol–water partition coefficient (Wildman–Crippen LogP) is 4.85. The SMILES string of the molecule is CCCN(C(=O)c1ccc(OCC)c(OCC)c1)c1cccc(C)c1. The van der Waals surface area contributed by atoms with Gasteiger partial charge in [-0.3, -0.25) is 4.79 Å². The van der Waals surface area contributed by atoms with Crippen LogP contribution in [-0.4, -0.2) is 25.7 Å². The van der Waals surface area contributed by atoms with E-state index in [2.05, 4.69) is 6.92 Å². The van der Waals surface area contributed by atoms with E-state index in [1.807, 2.05) is 56.0 Å². The number of carbonyl (C=O) groups is 1. The zero-order valence-corrected chi connectivity index (χ0v) is 15.5. The van der Waals surface area contributed by atoms with Crippen molar-refractivity contribution >= 4 is 11.6 Å². The van der Waals surface area contributed by atoms with E-state index in [0.29, 0.717) is 36.8 Å². The molecule has 1 amide bonds. The number of anilines is 1. The third-order valence-electron chi connectivity index (χ3n) is 3.80. The van der Waals surface area contributed by atoms with Gasteiger partial charge < -0.3 is 14.4 Å². The lowest BCUT2D eigenvalue weighted by molar-refractivity contribution is 0.0986. The monoisotopic (exact) mass is 341 g/mol. The van der Waals surface area contributed by atoms with Crippen molar-refractivity contribution in [2.75, 3.05) is 24.7 Å². The molecule has 0 saturated heterocycles. The Balaban J connectivity index is 2.36. The Kier molecular flexibility index (Phi) is 6.87. The van der Waals surface area contributed by atoms with E-state index in [1.165, 1.54) is 0 Å². The van der Waals surface area contributed by atoms with Gasteiger partial charge in [-0.25, -0.2) is 0 Å². The van der Waals surface area contributed by atoms with Gasteiger partial charge in [0.2, 0.25) is 0 Å². The van der Waals surface area contributed by atoms with Gasteiger partial charge in [0.1, 0.15) is 0 Å². The Labute approximate surface area is 150 Å². The molecule has 134 valence electrons. The maximum Gasteiger partial charge on any atom is 0.258 e. The van der Waals surface area contributed by atoms with E-state index in [-0.39, 0.29) is 5.91 Å². The van der Waals surface area contributed by atoms with Gasteiger partial charge in [-0.15, -0.1) is 0 Å². The van der Waals surface area contributed by atoms with E-state index in [1.54, 1.807) is 12.1 Å². The zero-order valence-electron chi connectivity index (χ0n) is 15.5. The molecule has 0 aromatic heterocycles. The van der Waals surface area contributed by atoms with Crippen LogP contribution in [0.25, 0.3) is 0 Å². The molecule has 0 radical (unpaired) electrons. The molecule has 0 aliphatic carbocycles. The van der Waals surface area contributed by atoms with Crippen LogP contribution < -0.4 is 14.4 Å². The molecule has 2 aromatic carbocycles. The minimum Gasteiger partial charge on any atom is -0.490 e. The topological polar surface area (TPSA) is 38.8 Å². The van der Waals surface area contributed by atoms with Gasteiger partial charge in [0.05, 0.1) is 13.2 Å². The molecule has 2 aromatic rings. The van der Waals surface area contributed by atoms with Crippen LogP contribution in [0.5, 0.6) is 11.5 Å². The highest BCUT2D eigenvalue weighted by Crippen LogP contribution is 2.30. The van der Waals surface area contributed by atoms with Gasteiger partial charge in [0.25, 0.3) is 5.91 Å². The Morgan fingerprint density at radius 3 is 2.32 bits per heavy atom. The molecule has 0 N–H and O–H groups in total. The van der Waals surface area contributed by atoms with E-state index < -0.39 is 0 Å². The summed E-state index contributed by atoms with van der Waals surface area (Å²) in [6.07, 6.45) is 0.884. The lowest BCUT2D eigenvalue weighted by Gasteiger charge is -2.23. The first-order valence-electron chi connectivity index (χ1n) is 8.88. The van der Waals surface area contributed by atoms with Crippen molar-refractivity contribution in [1.29, 1.82) is 0 Å². The van der Waals surface area contributed by atoms with Crippen molar-refractivity contribution in [1.82, 2.24) is 0 Å². The van der Waals surface area contributed by atoms with E-state index in [9.17, 15) is 4.79 Å². The van der Waals surface area contributed by atoms with Crippen LogP contribution in [0.2, 0.25) is 0 Å². The fourth-order valence-corrected chi connectivity index (χ4v) is 2.71. The van der Waals surface area contributed by atoms with Gasteiger partial charge in [-0.2, -0.15) is 0 Å². The maximum absolute atomic E-state index is 13.1. The normalized spacial score (nSPS) is 10.4. The number of amides is 1. The van der Waals surface area contributed by atoms with Crippen LogP contribution in [0, 0.1) is 6.92 Å². The molecule has 0 atom stereocenters. The number of carbonyl (C=O) groups excluding carboxylic acids is 1. The predicted molar refractivity (Wildman–Crippen MR) is 102 cm³/mol. The number of hydrogen-bond acceptors (Lipinski definition) is 3. The fraction of sp³-hybridized carbons (Fsp3) is 0.381. The molecular formula is C21H27NO3. The Morgan fingerprint density at radius 1 is 0.960 bits per heavy atom. The van der Waals surface area contributed by atoms with Crippen LogP contribution in [0.1, 0.15) is 43.1 Å². The molecule has 4 heteroatoms. The fourth-order valence-electron chi connectivity index (χ4n) is 2.71. The van der Waals surface area contributed by atoms with Crippen molar-refractivity contribution in [3.63, 3.8) is 0 Å². The highest BCUT2D eigenvalue weighted by Gasteiger charge is 2.19. The van der Waals surface area contributed by atoms with Gasteiger partial charge >= 0.3 is 0 Å². The van der Waals surface area contributed by atoms with Gasteiger partial charge in [-0.1, -0.05) is 19.1 Å². The van der Waals surface area contributed by atoms with E-state index in [4.69, 9.17) is 9.47 Å². The highest BCUT2D eigenvalue weighted by atomic mass is 16.5. The van der Waals surface area contributed by atoms with Crippen molar-refractivity contribution in [2.45, 2.75) is 34.1 Å². The minimum atomic E-state index is -0.0311. The molecule has 0 heterocycles. The maximum atomic E-state index is 13.1. The quantitative estimate of drug-likeness (QED) is 0.689. The van der Waals surface area contributed by atoms with E-state index in [0.717, 1.165) is 17.7 Å². The third kappa shape index (κ3) is 4.75. The number of benzene rings is 2. The third-order valence-corrected chi connectivity index (χ3v) is 3.80. The van der Waals surface area contributed by atoms with Crippen molar-refractivity contribution in [3.05, 3.63) is 53.6 Å². The minimum absolute atomic E-state index is 0.0311. The number of rotatable bonds is 8. The molecule has 0 aliphatic heterocycles. The highest BCUT2D eigenvalue weighted by molar-refractivity contribution is 6.06. The van der Waals surface area contributed by atoms with Crippen molar-refractivity contribution < 1.29 is 14.3 Å². The molecule has 0 aliphatic rings. The molecular weight excluding hydrogens is 314 g/mol. The molecule has 0 bridgehead atoms. The van der Waals surface area contributed by atoms with Gasteiger partial charge in [0.15, 0.2) is 11.5 Å². The number of nitrogens with zero attached hydrogens (tertiary/aromatic N) is 1. The first kappa shape index (κ1) is 18.8. The van der Waals surface area contributed by atoms with Crippen LogP contribution in [0.3, 0.4) is 0 Å². The van der Waals surface area contributed by atoms with Crippen LogP contribution in [-0.2, 0) is 0 Å². The Morgan fingerprint density at radius 2 is 1.68 bits per heavy atom. The van der Waals surface area contributed by atoms with Crippen LogP contribution in [0.15, 0.2) is 42.5 Å². The number of aryl methyl sites for hydroxylation is 1. The van der Waals surface area contributed by atoms with Crippen LogP contribution in [0.4, 0.5) is 5.69 Å². The smallest absolute Gasteiger partial charge is 0.258 e. The Hall–Kier alpha value is -2.49. The van der Waals surface area contributed by atoms with Gasteiger partial charge in [0, 0.05) is 17.8 Å². The van der Waals surface area contributed by atoms with Gasteiger partial charge in [-0.05, 0) is 63.1 Å². The average molecular weight is 341 g/mol. The zero-order chi connectivity index (χ0) is 18.2. The Bertz CT molecular complexity index is 712. The van der Waals surface area contributed by atoms with E-state index >= 15 is 0 Å². The second-order valence-corrected chi connectivity index (χ2v) is 5.82. The molecule has 0 unspecified atom stereocenters. The summed E-state index contributed by atoms with van der Waals surface area (Å²) in [5, 5.41) is 0. The average Bonchev–Trinajstić information content (AvgIpc) is 2.61. The molecule has 4 nitrogen and oxygen atoms in total. The summed E-state index contributed by atoms with van der Waals surface area (Å²) < 4.78 is 11.2. The molecule has 0 spiro atoms. The summed E-state index contributed by atoms with van der Waals surface area (Å²) in [6.45, 7) is 9.68. The second-order valence-electron chi connectivity index (χ2n) is 5.82.